The highest BCUT2D eigenvalue weighted by atomic mass is 35.5. The van der Waals surface area contributed by atoms with Crippen LogP contribution in [0.5, 0.6) is 0 Å². The highest BCUT2D eigenvalue weighted by molar-refractivity contribution is 7.99. The predicted octanol–water partition coefficient (Wildman–Crippen LogP) is 3.32. The molecule has 3 nitrogen and oxygen atoms in total. The van der Waals surface area contributed by atoms with Crippen LogP contribution in [0.25, 0.3) is 0 Å². The van der Waals surface area contributed by atoms with Gasteiger partial charge in [0.2, 0.25) is 0 Å². The molecule has 1 aromatic carbocycles. The zero-order chi connectivity index (χ0) is 13.1. The summed E-state index contributed by atoms with van der Waals surface area (Å²) in [5.74, 6) is 0. The van der Waals surface area contributed by atoms with Crippen molar-refractivity contribution in [2.24, 2.45) is 0 Å². The lowest BCUT2D eigenvalue weighted by Gasteiger charge is -2.11. The van der Waals surface area contributed by atoms with E-state index in [9.17, 15) is 4.79 Å². The normalized spacial score (nSPS) is 12.6. The molecular formula is C13H15ClN2OS. The quantitative estimate of drug-likeness (QED) is 0.874. The van der Waals surface area contributed by atoms with Gasteiger partial charge in [-0.15, -0.1) is 11.8 Å². The number of H-pyrrole nitrogens is 1. The average molecular weight is 283 g/mol. The van der Waals surface area contributed by atoms with E-state index >= 15 is 0 Å². The van der Waals surface area contributed by atoms with Gasteiger partial charge in [0.25, 0.3) is 5.56 Å². The molecule has 0 spiro atoms. The fraction of sp³-hybridized carbons (Fsp3) is 0.308. The Morgan fingerprint density at radius 1 is 1.44 bits per heavy atom. The third-order valence-corrected chi connectivity index (χ3v) is 3.80. The number of hydrogen-bond acceptors (Lipinski definition) is 2. The van der Waals surface area contributed by atoms with Crippen molar-refractivity contribution >= 4 is 23.4 Å². The molecule has 0 amide bonds. The van der Waals surface area contributed by atoms with Crippen LogP contribution in [0.4, 0.5) is 0 Å². The first-order valence-corrected chi connectivity index (χ1v) is 6.99. The molecule has 2 aromatic rings. The third kappa shape index (κ3) is 3.43. The maximum Gasteiger partial charge on any atom is 0.266 e. The Bertz CT molecular complexity index is 591. The van der Waals surface area contributed by atoms with Gasteiger partial charge in [0.1, 0.15) is 0 Å². The van der Waals surface area contributed by atoms with E-state index in [1.807, 2.05) is 31.2 Å². The van der Waals surface area contributed by atoms with Gasteiger partial charge in [-0.1, -0.05) is 24.6 Å². The zero-order valence-corrected chi connectivity index (χ0v) is 11.9. The molecular weight excluding hydrogens is 268 g/mol. The first-order valence-electron chi connectivity index (χ1n) is 5.73. The van der Waals surface area contributed by atoms with Crippen LogP contribution in [0.1, 0.15) is 12.6 Å². The van der Waals surface area contributed by atoms with Crippen molar-refractivity contribution in [3.63, 3.8) is 0 Å². The Morgan fingerprint density at radius 2 is 2.22 bits per heavy atom. The van der Waals surface area contributed by atoms with Gasteiger partial charge >= 0.3 is 0 Å². The zero-order valence-electron chi connectivity index (χ0n) is 10.3. The van der Waals surface area contributed by atoms with Gasteiger partial charge in [0, 0.05) is 26.9 Å². The molecule has 1 aromatic heterocycles. The maximum atomic E-state index is 11.6. The fourth-order valence-electron chi connectivity index (χ4n) is 1.77. The second-order valence-corrected chi connectivity index (χ2v) is 6.22. The summed E-state index contributed by atoms with van der Waals surface area (Å²) >= 11 is 7.65. The van der Waals surface area contributed by atoms with Crippen molar-refractivity contribution in [3.05, 3.63) is 51.4 Å². The van der Waals surface area contributed by atoms with Crippen LogP contribution in [0, 0.1) is 6.92 Å². The van der Waals surface area contributed by atoms with Gasteiger partial charge in [-0.25, -0.2) is 0 Å². The molecule has 96 valence electrons. The van der Waals surface area contributed by atoms with Crippen molar-refractivity contribution < 1.29 is 0 Å². The van der Waals surface area contributed by atoms with E-state index in [4.69, 9.17) is 11.6 Å². The first-order chi connectivity index (χ1) is 8.54. The van der Waals surface area contributed by atoms with Crippen molar-refractivity contribution in [3.8, 4) is 0 Å². The van der Waals surface area contributed by atoms with Gasteiger partial charge in [-0.2, -0.15) is 0 Å². The lowest BCUT2D eigenvalue weighted by molar-refractivity contribution is 0.590. The SMILES string of the molecule is Cc1cc(=O)n(CC(C)Sc2cccc(Cl)c2)[nH]1. The molecule has 0 aliphatic rings. The summed E-state index contributed by atoms with van der Waals surface area (Å²) < 4.78 is 1.64. The summed E-state index contributed by atoms with van der Waals surface area (Å²) in [7, 11) is 0. The molecule has 0 fully saturated rings. The van der Waals surface area contributed by atoms with Crippen LogP contribution in [0.3, 0.4) is 0 Å². The monoisotopic (exact) mass is 282 g/mol. The minimum Gasteiger partial charge on any atom is -0.300 e. The Labute approximate surface area is 115 Å². The Hall–Kier alpha value is -1.13. The molecule has 18 heavy (non-hydrogen) atoms. The number of nitrogens with zero attached hydrogens (tertiary/aromatic N) is 1. The van der Waals surface area contributed by atoms with Crippen molar-refractivity contribution in [2.45, 2.75) is 30.5 Å². The second-order valence-electron chi connectivity index (χ2n) is 4.27. The van der Waals surface area contributed by atoms with E-state index in [0.29, 0.717) is 11.8 Å². The molecule has 2 rings (SSSR count). The van der Waals surface area contributed by atoms with Crippen LogP contribution in [-0.4, -0.2) is 15.0 Å². The number of aryl methyl sites for hydroxylation is 1. The van der Waals surface area contributed by atoms with E-state index in [0.717, 1.165) is 15.6 Å². The molecule has 5 heteroatoms. The van der Waals surface area contributed by atoms with E-state index < -0.39 is 0 Å². The molecule has 0 saturated heterocycles. The molecule has 0 saturated carbocycles. The van der Waals surface area contributed by atoms with Crippen LogP contribution < -0.4 is 5.56 Å². The minimum absolute atomic E-state index is 0.0195. The smallest absolute Gasteiger partial charge is 0.266 e. The van der Waals surface area contributed by atoms with Crippen molar-refractivity contribution in [1.29, 1.82) is 0 Å². The third-order valence-electron chi connectivity index (χ3n) is 2.49. The van der Waals surface area contributed by atoms with Crippen LogP contribution >= 0.6 is 23.4 Å². The molecule has 1 N–H and O–H groups in total. The summed E-state index contributed by atoms with van der Waals surface area (Å²) in [5.41, 5.74) is 0.908. The van der Waals surface area contributed by atoms with Gasteiger partial charge < -0.3 is 0 Å². The number of hydrogen-bond donors (Lipinski definition) is 1. The first kappa shape index (κ1) is 13.3. The summed E-state index contributed by atoms with van der Waals surface area (Å²) in [6.07, 6.45) is 0. The summed E-state index contributed by atoms with van der Waals surface area (Å²) in [4.78, 5) is 12.7. The highest BCUT2D eigenvalue weighted by Crippen LogP contribution is 2.26. The molecule has 1 atom stereocenters. The maximum absolute atomic E-state index is 11.6. The van der Waals surface area contributed by atoms with E-state index in [1.54, 1.807) is 22.5 Å². The summed E-state index contributed by atoms with van der Waals surface area (Å²) in [6, 6.07) is 9.36. The van der Waals surface area contributed by atoms with E-state index in [-0.39, 0.29) is 5.56 Å². The number of aromatic amines is 1. The topological polar surface area (TPSA) is 37.8 Å². The van der Waals surface area contributed by atoms with E-state index in [1.165, 1.54) is 0 Å². The molecule has 0 radical (unpaired) electrons. The lowest BCUT2D eigenvalue weighted by Crippen LogP contribution is -2.21. The number of thioether (sulfide) groups is 1. The largest absolute Gasteiger partial charge is 0.300 e. The lowest BCUT2D eigenvalue weighted by atomic mass is 10.4. The molecule has 1 unspecified atom stereocenters. The molecule has 0 aliphatic heterocycles. The molecule has 0 bridgehead atoms. The van der Waals surface area contributed by atoms with Gasteiger partial charge in [-0.3, -0.25) is 14.6 Å². The Morgan fingerprint density at radius 3 is 2.83 bits per heavy atom. The summed E-state index contributed by atoms with van der Waals surface area (Å²) in [5, 5.41) is 4.06. The summed E-state index contributed by atoms with van der Waals surface area (Å²) in [6.45, 7) is 4.63. The van der Waals surface area contributed by atoms with Crippen LogP contribution in [0.2, 0.25) is 5.02 Å². The van der Waals surface area contributed by atoms with Gasteiger partial charge in [-0.05, 0) is 25.1 Å². The molecule has 1 heterocycles. The van der Waals surface area contributed by atoms with Gasteiger partial charge in [0.15, 0.2) is 0 Å². The number of benzene rings is 1. The standard InChI is InChI=1S/C13H15ClN2OS/c1-9-6-13(17)16(15-9)8-10(2)18-12-5-3-4-11(14)7-12/h3-7,10,15H,8H2,1-2H3. The second kappa shape index (κ2) is 5.67. The van der Waals surface area contributed by atoms with Crippen molar-refractivity contribution in [1.82, 2.24) is 9.78 Å². The van der Waals surface area contributed by atoms with Crippen LogP contribution in [-0.2, 0) is 6.54 Å². The number of nitrogens with one attached hydrogen (secondary N) is 1. The Kier molecular flexibility index (Phi) is 4.19. The predicted molar refractivity (Wildman–Crippen MR) is 76.6 cm³/mol. The highest BCUT2D eigenvalue weighted by Gasteiger charge is 2.08. The molecule has 0 aliphatic carbocycles. The van der Waals surface area contributed by atoms with Crippen LogP contribution in [0.15, 0.2) is 40.0 Å². The van der Waals surface area contributed by atoms with Gasteiger partial charge in [0.05, 0.1) is 6.54 Å². The fourth-order valence-corrected chi connectivity index (χ4v) is 3.06. The number of halogens is 1. The van der Waals surface area contributed by atoms with E-state index in [2.05, 4.69) is 12.0 Å². The minimum atomic E-state index is 0.0195. The number of aromatic nitrogens is 2. The number of rotatable bonds is 4. The Balaban J connectivity index is 2.03. The average Bonchev–Trinajstić information content (AvgIpc) is 2.57. The van der Waals surface area contributed by atoms with Crippen molar-refractivity contribution in [2.75, 3.05) is 0 Å².